The lowest BCUT2D eigenvalue weighted by Gasteiger charge is -2.05. The Morgan fingerprint density at radius 1 is 1.62 bits per heavy atom. The SMILES string of the molecule is Cn1cnc2cc(CC(N)C(=O)O)cnc21. The van der Waals surface area contributed by atoms with Gasteiger partial charge in [0.15, 0.2) is 5.65 Å². The first-order valence-electron chi connectivity index (χ1n) is 4.82. The van der Waals surface area contributed by atoms with Crippen LogP contribution in [-0.2, 0) is 18.3 Å². The molecule has 0 fully saturated rings. The van der Waals surface area contributed by atoms with Gasteiger partial charge in [-0.15, -0.1) is 0 Å². The highest BCUT2D eigenvalue weighted by atomic mass is 16.4. The lowest BCUT2D eigenvalue weighted by Crippen LogP contribution is -2.32. The molecule has 0 saturated carbocycles. The van der Waals surface area contributed by atoms with E-state index >= 15 is 0 Å². The van der Waals surface area contributed by atoms with Crippen LogP contribution in [0.5, 0.6) is 0 Å². The minimum absolute atomic E-state index is 0.259. The topological polar surface area (TPSA) is 94.0 Å². The highest BCUT2D eigenvalue weighted by Crippen LogP contribution is 2.11. The molecule has 0 aliphatic carbocycles. The molecule has 0 amide bonds. The van der Waals surface area contributed by atoms with Gasteiger partial charge in [-0.05, 0) is 18.1 Å². The highest BCUT2D eigenvalue weighted by Gasteiger charge is 2.13. The van der Waals surface area contributed by atoms with Crippen LogP contribution in [0.4, 0.5) is 0 Å². The van der Waals surface area contributed by atoms with Crippen LogP contribution in [-0.4, -0.2) is 31.7 Å². The third-order valence-corrected chi connectivity index (χ3v) is 2.38. The molecule has 0 radical (unpaired) electrons. The van der Waals surface area contributed by atoms with E-state index in [-0.39, 0.29) is 6.42 Å². The molecule has 1 atom stereocenters. The summed E-state index contributed by atoms with van der Waals surface area (Å²) < 4.78 is 1.80. The molecule has 2 aromatic rings. The smallest absolute Gasteiger partial charge is 0.320 e. The summed E-state index contributed by atoms with van der Waals surface area (Å²) >= 11 is 0. The zero-order valence-corrected chi connectivity index (χ0v) is 8.79. The van der Waals surface area contributed by atoms with Crippen molar-refractivity contribution in [3.63, 3.8) is 0 Å². The summed E-state index contributed by atoms with van der Waals surface area (Å²) in [6.45, 7) is 0. The van der Waals surface area contributed by atoms with Crippen molar-refractivity contribution in [3.8, 4) is 0 Å². The van der Waals surface area contributed by atoms with E-state index in [1.807, 2.05) is 13.1 Å². The fraction of sp³-hybridized carbons (Fsp3) is 0.300. The van der Waals surface area contributed by atoms with Crippen LogP contribution < -0.4 is 5.73 Å². The number of carbonyl (C=O) groups is 1. The molecule has 16 heavy (non-hydrogen) atoms. The Labute approximate surface area is 91.7 Å². The number of rotatable bonds is 3. The number of hydrogen-bond donors (Lipinski definition) is 2. The average Bonchev–Trinajstić information content (AvgIpc) is 2.60. The molecule has 6 heteroatoms. The molecule has 0 aromatic carbocycles. The van der Waals surface area contributed by atoms with Gasteiger partial charge in [0.1, 0.15) is 11.6 Å². The molecule has 0 aliphatic heterocycles. The van der Waals surface area contributed by atoms with Crippen molar-refractivity contribution < 1.29 is 9.90 Å². The average molecular weight is 220 g/mol. The van der Waals surface area contributed by atoms with Gasteiger partial charge in [-0.1, -0.05) is 0 Å². The summed E-state index contributed by atoms with van der Waals surface area (Å²) in [6.07, 6.45) is 3.56. The molecule has 0 saturated heterocycles. The Morgan fingerprint density at radius 3 is 3.06 bits per heavy atom. The number of carboxylic acid groups (broad SMARTS) is 1. The van der Waals surface area contributed by atoms with Gasteiger partial charge in [0.25, 0.3) is 0 Å². The van der Waals surface area contributed by atoms with Crippen molar-refractivity contribution in [1.29, 1.82) is 0 Å². The monoisotopic (exact) mass is 220 g/mol. The van der Waals surface area contributed by atoms with Gasteiger partial charge in [-0.25, -0.2) is 9.97 Å². The van der Waals surface area contributed by atoms with Gasteiger partial charge in [0.05, 0.1) is 6.33 Å². The van der Waals surface area contributed by atoms with Crippen LogP contribution in [0.1, 0.15) is 5.56 Å². The summed E-state index contributed by atoms with van der Waals surface area (Å²) in [5.74, 6) is -1.01. The third kappa shape index (κ3) is 1.87. The molecule has 0 spiro atoms. The van der Waals surface area contributed by atoms with Crippen molar-refractivity contribution in [2.45, 2.75) is 12.5 Å². The Morgan fingerprint density at radius 2 is 2.38 bits per heavy atom. The number of aliphatic carboxylic acids is 1. The number of aryl methyl sites for hydroxylation is 1. The number of imidazole rings is 1. The van der Waals surface area contributed by atoms with Crippen LogP contribution in [0.15, 0.2) is 18.6 Å². The number of nitrogens with two attached hydrogens (primary N) is 1. The van der Waals surface area contributed by atoms with Gasteiger partial charge >= 0.3 is 5.97 Å². The van der Waals surface area contributed by atoms with E-state index in [0.29, 0.717) is 0 Å². The first kappa shape index (κ1) is 10.6. The highest BCUT2D eigenvalue weighted by molar-refractivity contribution is 5.74. The largest absolute Gasteiger partial charge is 0.480 e. The summed E-state index contributed by atoms with van der Waals surface area (Å²) in [6, 6.07) is 0.911. The van der Waals surface area contributed by atoms with E-state index in [9.17, 15) is 4.79 Å². The van der Waals surface area contributed by atoms with Crippen molar-refractivity contribution >= 4 is 17.1 Å². The fourth-order valence-electron chi connectivity index (χ4n) is 1.51. The molecule has 2 heterocycles. The van der Waals surface area contributed by atoms with Crippen molar-refractivity contribution in [1.82, 2.24) is 14.5 Å². The van der Waals surface area contributed by atoms with E-state index in [2.05, 4.69) is 9.97 Å². The van der Waals surface area contributed by atoms with Crippen molar-refractivity contribution in [2.75, 3.05) is 0 Å². The zero-order chi connectivity index (χ0) is 11.7. The first-order valence-corrected chi connectivity index (χ1v) is 4.82. The van der Waals surface area contributed by atoms with Crippen LogP contribution in [0.3, 0.4) is 0 Å². The van der Waals surface area contributed by atoms with E-state index in [1.165, 1.54) is 0 Å². The molecule has 0 aliphatic rings. The van der Waals surface area contributed by atoms with Crippen LogP contribution in [0.2, 0.25) is 0 Å². The minimum Gasteiger partial charge on any atom is -0.480 e. The second-order valence-electron chi connectivity index (χ2n) is 3.69. The fourth-order valence-corrected chi connectivity index (χ4v) is 1.51. The second kappa shape index (κ2) is 3.90. The van der Waals surface area contributed by atoms with E-state index in [4.69, 9.17) is 10.8 Å². The van der Waals surface area contributed by atoms with Gasteiger partial charge in [0, 0.05) is 13.2 Å². The predicted molar refractivity (Wildman–Crippen MR) is 57.8 cm³/mol. The molecular formula is C10H12N4O2. The van der Waals surface area contributed by atoms with E-state index in [1.54, 1.807) is 17.1 Å². The molecule has 2 aromatic heterocycles. The maximum Gasteiger partial charge on any atom is 0.320 e. The van der Waals surface area contributed by atoms with Gasteiger partial charge in [-0.2, -0.15) is 0 Å². The lowest BCUT2D eigenvalue weighted by atomic mass is 10.1. The second-order valence-corrected chi connectivity index (χ2v) is 3.69. The number of pyridine rings is 1. The van der Waals surface area contributed by atoms with Gasteiger partial charge in [-0.3, -0.25) is 4.79 Å². The number of nitrogens with zero attached hydrogens (tertiary/aromatic N) is 3. The summed E-state index contributed by atoms with van der Waals surface area (Å²) in [5.41, 5.74) is 7.74. The van der Waals surface area contributed by atoms with E-state index in [0.717, 1.165) is 16.7 Å². The van der Waals surface area contributed by atoms with Crippen LogP contribution >= 0.6 is 0 Å². The van der Waals surface area contributed by atoms with Crippen LogP contribution in [0.25, 0.3) is 11.2 Å². The molecule has 6 nitrogen and oxygen atoms in total. The molecular weight excluding hydrogens is 208 g/mol. The summed E-state index contributed by atoms with van der Waals surface area (Å²) in [5, 5.41) is 8.70. The number of aromatic nitrogens is 3. The normalized spacial score (nSPS) is 12.9. The van der Waals surface area contributed by atoms with Crippen molar-refractivity contribution in [3.05, 3.63) is 24.2 Å². The number of carboxylic acids is 1. The zero-order valence-electron chi connectivity index (χ0n) is 8.79. The number of fused-ring (bicyclic) bond motifs is 1. The van der Waals surface area contributed by atoms with Crippen LogP contribution in [0, 0.1) is 0 Å². The minimum atomic E-state index is -1.01. The Kier molecular flexibility index (Phi) is 2.57. The molecule has 3 N–H and O–H groups in total. The molecule has 0 bridgehead atoms. The summed E-state index contributed by atoms with van der Waals surface area (Å²) in [4.78, 5) is 19.0. The predicted octanol–water partition coefficient (Wildman–Crippen LogP) is -0.0773. The van der Waals surface area contributed by atoms with Crippen molar-refractivity contribution in [2.24, 2.45) is 12.8 Å². The Balaban J connectivity index is 2.29. The Hall–Kier alpha value is -1.95. The molecule has 2 rings (SSSR count). The van der Waals surface area contributed by atoms with Gasteiger partial charge < -0.3 is 15.4 Å². The number of hydrogen-bond acceptors (Lipinski definition) is 4. The first-order chi connectivity index (χ1) is 7.58. The maximum absolute atomic E-state index is 10.6. The standard InChI is InChI=1S/C10H12N4O2/c1-14-5-13-8-3-6(4-12-9(8)14)2-7(11)10(15)16/h3-5,7H,2,11H2,1H3,(H,15,16). The molecule has 1 unspecified atom stereocenters. The third-order valence-electron chi connectivity index (χ3n) is 2.38. The molecule has 84 valence electrons. The summed E-state index contributed by atoms with van der Waals surface area (Å²) in [7, 11) is 1.85. The Bertz CT molecular complexity index is 535. The lowest BCUT2D eigenvalue weighted by molar-refractivity contribution is -0.138. The van der Waals surface area contributed by atoms with E-state index < -0.39 is 12.0 Å². The van der Waals surface area contributed by atoms with Gasteiger partial charge in [0.2, 0.25) is 0 Å². The quantitative estimate of drug-likeness (QED) is 0.754. The maximum atomic E-state index is 10.6.